The van der Waals surface area contributed by atoms with Crippen LogP contribution in [0.3, 0.4) is 0 Å². The van der Waals surface area contributed by atoms with Crippen LogP contribution in [0.15, 0.2) is 12.1 Å². The summed E-state index contributed by atoms with van der Waals surface area (Å²) in [5, 5.41) is 4.26. The van der Waals surface area contributed by atoms with E-state index in [0.717, 1.165) is 5.56 Å². The molecule has 88 valence electrons. The molecule has 0 saturated heterocycles. The zero-order valence-corrected chi connectivity index (χ0v) is 10.7. The fraction of sp³-hybridized carbons (Fsp3) is 0.364. The molecule has 0 aliphatic heterocycles. The summed E-state index contributed by atoms with van der Waals surface area (Å²) in [7, 11) is 0. The van der Waals surface area contributed by atoms with Crippen LogP contribution in [0.2, 0.25) is 10.0 Å². The third kappa shape index (κ3) is 3.29. The highest BCUT2D eigenvalue weighted by Crippen LogP contribution is 2.28. The number of nitrogens with one attached hydrogen (secondary N) is 1. The topological polar surface area (TPSA) is 55.1 Å². The highest BCUT2D eigenvalue weighted by molar-refractivity contribution is 6.35. The van der Waals surface area contributed by atoms with Crippen LogP contribution in [0.1, 0.15) is 12.5 Å². The monoisotopic (exact) mass is 260 g/mol. The molecule has 0 heterocycles. The summed E-state index contributed by atoms with van der Waals surface area (Å²) in [4.78, 5) is 10.8. The van der Waals surface area contributed by atoms with Gasteiger partial charge in [0, 0.05) is 11.6 Å². The molecule has 0 fully saturated rings. The van der Waals surface area contributed by atoms with E-state index in [-0.39, 0.29) is 11.8 Å². The Hall–Kier alpha value is -0.930. The number of amides is 1. The normalized spacial score (nSPS) is 12.2. The van der Waals surface area contributed by atoms with E-state index in [1.54, 1.807) is 19.1 Å². The van der Waals surface area contributed by atoms with Crippen molar-refractivity contribution in [3.63, 3.8) is 0 Å². The predicted molar refractivity (Wildman–Crippen MR) is 68.0 cm³/mol. The van der Waals surface area contributed by atoms with E-state index >= 15 is 0 Å². The smallest absolute Gasteiger partial charge is 0.222 e. The van der Waals surface area contributed by atoms with E-state index in [1.807, 2.05) is 6.92 Å². The summed E-state index contributed by atoms with van der Waals surface area (Å²) in [6, 6.07) is 3.52. The molecule has 16 heavy (non-hydrogen) atoms. The van der Waals surface area contributed by atoms with E-state index in [0.29, 0.717) is 22.3 Å². The Bertz CT molecular complexity index is 407. The van der Waals surface area contributed by atoms with Crippen LogP contribution in [0.5, 0.6) is 0 Å². The molecule has 3 nitrogen and oxygen atoms in total. The molecule has 1 aromatic carbocycles. The first kappa shape index (κ1) is 13.1. The molecule has 0 spiro atoms. The maximum absolute atomic E-state index is 10.8. The Morgan fingerprint density at radius 3 is 2.62 bits per heavy atom. The van der Waals surface area contributed by atoms with Crippen LogP contribution in [0, 0.1) is 12.8 Å². The number of primary amides is 1. The third-order valence-electron chi connectivity index (χ3n) is 2.33. The molecule has 1 atom stereocenters. The molecule has 0 aliphatic rings. The van der Waals surface area contributed by atoms with Gasteiger partial charge in [-0.15, -0.1) is 0 Å². The SMILES string of the molecule is Cc1cc(Cl)c(NCC(C)C(N)=O)cc1Cl. The molecule has 1 amide bonds. The molecule has 1 rings (SSSR count). The highest BCUT2D eigenvalue weighted by Gasteiger charge is 2.10. The first-order chi connectivity index (χ1) is 7.41. The fourth-order valence-electron chi connectivity index (χ4n) is 1.15. The zero-order chi connectivity index (χ0) is 12.3. The summed E-state index contributed by atoms with van der Waals surface area (Å²) in [6.07, 6.45) is 0. The minimum atomic E-state index is -0.346. The van der Waals surface area contributed by atoms with Gasteiger partial charge in [0.15, 0.2) is 0 Å². The van der Waals surface area contributed by atoms with E-state index in [2.05, 4.69) is 5.32 Å². The second-order valence-electron chi connectivity index (χ2n) is 3.77. The Morgan fingerprint density at radius 1 is 1.44 bits per heavy atom. The van der Waals surface area contributed by atoms with Gasteiger partial charge in [0.25, 0.3) is 0 Å². The number of halogens is 2. The van der Waals surface area contributed by atoms with Crippen molar-refractivity contribution in [3.8, 4) is 0 Å². The summed E-state index contributed by atoms with van der Waals surface area (Å²) < 4.78 is 0. The van der Waals surface area contributed by atoms with E-state index in [1.165, 1.54) is 0 Å². The lowest BCUT2D eigenvalue weighted by atomic mass is 10.1. The lowest BCUT2D eigenvalue weighted by molar-refractivity contribution is -0.120. The first-order valence-electron chi connectivity index (χ1n) is 4.90. The Balaban J connectivity index is 2.74. The maximum atomic E-state index is 10.8. The average molecular weight is 261 g/mol. The van der Waals surface area contributed by atoms with Crippen LogP contribution >= 0.6 is 23.2 Å². The Kier molecular flexibility index (Phi) is 4.44. The van der Waals surface area contributed by atoms with Crippen molar-refractivity contribution in [2.24, 2.45) is 11.7 Å². The quantitative estimate of drug-likeness (QED) is 0.875. The number of carbonyl (C=O) groups excluding carboxylic acids is 1. The minimum absolute atomic E-state index is 0.254. The van der Waals surface area contributed by atoms with E-state index < -0.39 is 0 Å². The van der Waals surface area contributed by atoms with Crippen LogP contribution in [-0.4, -0.2) is 12.5 Å². The van der Waals surface area contributed by atoms with Gasteiger partial charge in [0.1, 0.15) is 0 Å². The van der Waals surface area contributed by atoms with Gasteiger partial charge in [-0.3, -0.25) is 4.79 Å². The molecule has 0 saturated carbocycles. The molecule has 5 heteroatoms. The number of hydrogen-bond acceptors (Lipinski definition) is 2. The largest absolute Gasteiger partial charge is 0.383 e. The summed E-state index contributed by atoms with van der Waals surface area (Å²) in [6.45, 7) is 4.07. The zero-order valence-electron chi connectivity index (χ0n) is 9.18. The van der Waals surface area contributed by atoms with Crippen molar-refractivity contribution >= 4 is 34.8 Å². The van der Waals surface area contributed by atoms with Crippen molar-refractivity contribution in [3.05, 3.63) is 27.7 Å². The van der Waals surface area contributed by atoms with Crippen LogP contribution in [-0.2, 0) is 4.79 Å². The number of aryl methyl sites for hydroxylation is 1. The number of benzene rings is 1. The Morgan fingerprint density at radius 2 is 2.06 bits per heavy atom. The van der Waals surface area contributed by atoms with Gasteiger partial charge in [0.2, 0.25) is 5.91 Å². The van der Waals surface area contributed by atoms with Crippen molar-refractivity contribution < 1.29 is 4.79 Å². The minimum Gasteiger partial charge on any atom is -0.383 e. The molecule has 0 aromatic heterocycles. The number of carbonyl (C=O) groups is 1. The maximum Gasteiger partial charge on any atom is 0.222 e. The number of anilines is 1. The summed E-state index contributed by atoms with van der Waals surface area (Å²) >= 11 is 12.0. The second kappa shape index (κ2) is 5.41. The lowest BCUT2D eigenvalue weighted by Gasteiger charge is -2.12. The van der Waals surface area contributed by atoms with Gasteiger partial charge in [-0.05, 0) is 24.6 Å². The molecule has 0 aliphatic carbocycles. The third-order valence-corrected chi connectivity index (χ3v) is 3.05. The molecule has 1 unspecified atom stereocenters. The van der Waals surface area contributed by atoms with Crippen LogP contribution in [0.25, 0.3) is 0 Å². The van der Waals surface area contributed by atoms with E-state index in [4.69, 9.17) is 28.9 Å². The van der Waals surface area contributed by atoms with Gasteiger partial charge in [-0.25, -0.2) is 0 Å². The van der Waals surface area contributed by atoms with Crippen molar-refractivity contribution in [1.82, 2.24) is 0 Å². The van der Waals surface area contributed by atoms with Gasteiger partial charge in [-0.1, -0.05) is 30.1 Å². The number of nitrogens with two attached hydrogens (primary N) is 1. The average Bonchev–Trinajstić information content (AvgIpc) is 2.20. The summed E-state index contributed by atoms with van der Waals surface area (Å²) in [5.74, 6) is -0.599. The predicted octanol–water partition coefficient (Wildman–Crippen LogP) is 2.84. The van der Waals surface area contributed by atoms with Crippen LogP contribution < -0.4 is 11.1 Å². The van der Waals surface area contributed by atoms with Gasteiger partial charge in [0.05, 0.1) is 16.6 Å². The van der Waals surface area contributed by atoms with Crippen molar-refractivity contribution in [2.75, 3.05) is 11.9 Å². The van der Waals surface area contributed by atoms with Gasteiger partial charge >= 0.3 is 0 Å². The molecular weight excluding hydrogens is 247 g/mol. The van der Waals surface area contributed by atoms with Crippen LogP contribution in [0.4, 0.5) is 5.69 Å². The Labute approximate surface area is 105 Å². The molecule has 0 bridgehead atoms. The summed E-state index contributed by atoms with van der Waals surface area (Å²) in [5.41, 5.74) is 6.78. The number of hydrogen-bond donors (Lipinski definition) is 2. The molecule has 0 radical (unpaired) electrons. The first-order valence-corrected chi connectivity index (χ1v) is 5.66. The van der Waals surface area contributed by atoms with Gasteiger partial charge < -0.3 is 11.1 Å². The fourth-order valence-corrected chi connectivity index (χ4v) is 1.59. The lowest BCUT2D eigenvalue weighted by Crippen LogP contribution is -2.26. The van der Waals surface area contributed by atoms with Gasteiger partial charge in [-0.2, -0.15) is 0 Å². The highest BCUT2D eigenvalue weighted by atomic mass is 35.5. The molecule has 3 N–H and O–H groups in total. The van der Waals surface area contributed by atoms with E-state index in [9.17, 15) is 4.79 Å². The molecular formula is C11H14Cl2N2O. The standard InChI is InChI=1S/C11H14Cl2N2O/c1-6-3-9(13)10(4-8(6)12)15-5-7(2)11(14)16/h3-4,7,15H,5H2,1-2H3,(H2,14,16). The van der Waals surface area contributed by atoms with Crippen molar-refractivity contribution in [2.45, 2.75) is 13.8 Å². The second-order valence-corrected chi connectivity index (χ2v) is 4.58. The van der Waals surface area contributed by atoms with Crippen molar-refractivity contribution in [1.29, 1.82) is 0 Å². The number of rotatable bonds is 4. The molecule has 1 aromatic rings.